The van der Waals surface area contributed by atoms with Gasteiger partial charge in [0.15, 0.2) is 0 Å². The Hall–Kier alpha value is -1.53. The zero-order valence-corrected chi connectivity index (χ0v) is 15.9. The first-order chi connectivity index (χ1) is 12.0. The quantitative estimate of drug-likeness (QED) is 0.771. The zero-order chi connectivity index (χ0) is 18.0. The van der Waals surface area contributed by atoms with Gasteiger partial charge in [-0.1, -0.05) is 25.0 Å². The smallest absolute Gasteiger partial charge is 0.237 e. The number of nitrogens with one attached hydrogen (secondary N) is 3. The van der Waals surface area contributed by atoms with Crippen molar-refractivity contribution in [3.8, 4) is 0 Å². The highest BCUT2D eigenvalue weighted by molar-refractivity contribution is 8.01. The van der Waals surface area contributed by atoms with Gasteiger partial charge in [-0.15, -0.1) is 11.8 Å². The number of carbonyl (C=O) groups is 2. The predicted octanol–water partition coefficient (Wildman–Crippen LogP) is 2.93. The van der Waals surface area contributed by atoms with Gasteiger partial charge in [-0.3, -0.25) is 14.9 Å². The minimum absolute atomic E-state index is 0.0412. The Morgan fingerprint density at radius 1 is 1.28 bits per heavy atom. The summed E-state index contributed by atoms with van der Waals surface area (Å²) in [7, 11) is 0. The van der Waals surface area contributed by atoms with Crippen LogP contribution in [0.15, 0.2) is 18.2 Å². The third-order valence-corrected chi connectivity index (χ3v) is 6.46. The molecular formula is C19H27N3O2S. The van der Waals surface area contributed by atoms with Crippen LogP contribution in [0.1, 0.15) is 43.7 Å². The normalized spacial score (nSPS) is 27.2. The van der Waals surface area contributed by atoms with Crippen molar-refractivity contribution in [2.45, 2.75) is 63.2 Å². The molecule has 1 aliphatic carbocycles. The van der Waals surface area contributed by atoms with Gasteiger partial charge in [0.1, 0.15) is 5.50 Å². The molecule has 25 heavy (non-hydrogen) atoms. The van der Waals surface area contributed by atoms with Crippen LogP contribution in [0, 0.1) is 19.8 Å². The number of amides is 2. The number of thioether (sulfide) groups is 1. The van der Waals surface area contributed by atoms with E-state index in [-0.39, 0.29) is 34.5 Å². The molecule has 0 bridgehead atoms. The largest absolute Gasteiger partial charge is 0.331 e. The van der Waals surface area contributed by atoms with Crippen molar-refractivity contribution in [1.29, 1.82) is 0 Å². The van der Waals surface area contributed by atoms with E-state index >= 15 is 0 Å². The minimum atomic E-state index is -0.266. The molecule has 1 saturated carbocycles. The number of hydrogen-bond donors (Lipinski definition) is 3. The lowest BCUT2D eigenvalue weighted by Crippen LogP contribution is -2.61. The summed E-state index contributed by atoms with van der Waals surface area (Å²) < 4.78 is 0. The summed E-state index contributed by atoms with van der Waals surface area (Å²) in [4.78, 5) is 24.8. The molecule has 1 saturated heterocycles. The fourth-order valence-corrected chi connectivity index (χ4v) is 4.60. The van der Waals surface area contributed by atoms with Gasteiger partial charge >= 0.3 is 0 Å². The second-order valence-electron chi connectivity index (χ2n) is 7.07. The molecule has 6 heteroatoms. The number of hydrogen-bond acceptors (Lipinski definition) is 4. The van der Waals surface area contributed by atoms with E-state index in [2.05, 4.69) is 16.0 Å². The highest BCUT2D eigenvalue weighted by Gasteiger charge is 2.38. The molecular weight excluding hydrogens is 334 g/mol. The van der Waals surface area contributed by atoms with E-state index in [1.807, 2.05) is 39.0 Å². The molecule has 0 spiro atoms. The molecule has 4 atom stereocenters. The highest BCUT2D eigenvalue weighted by Crippen LogP contribution is 2.30. The van der Waals surface area contributed by atoms with Crippen LogP contribution in [0.4, 0.5) is 5.69 Å². The van der Waals surface area contributed by atoms with Crippen LogP contribution < -0.4 is 16.0 Å². The molecule has 1 heterocycles. The lowest BCUT2D eigenvalue weighted by atomic mass is 9.83. The number of benzene rings is 1. The van der Waals surface area contributed by atoms with Crippen LogP contribution in [0.3, 0.4) is 0 Å². The summed E-state index contributed by atoms with van der Waals surface area (Å²) in [6.45, 7) is 5.92. The van der Waals surface area contributed by atoms with Gasteiger partial charge in [0.05, 0.1) is 11.2 Å². The Kier molecular flexibility index (Phi) is 5.69. The van der Waals surface area contributed by atoms with E-state index in [1.54, 1.807) is 0 Å². The molecule has 0 radical (unpaired) electrons. The molecule has 1 aliphatic heterocycles. The van der Waals surface area contributed by atoms with Gasteiger partial charge in [0, 0.05) is 11.7 Å². The number of aryl methyl sites for hydroxylation is 1. The summed E-state index contributed by atoms with van der Waals surface area (Å²) in [6, 6.07) is 6.15. The molecule has 136 valence electrons. The maximum atomic E-state index is 12.5. The van der Waals surface area contributed by atoms with Crippen molar-refractivity contribution >= 4 is 29.3 Å². The van der Waals surface area contributed by atoms with Gasteiger partial charge in [0.2, 0.25) is 11.8 Å². The molecule has 2 amide bonds. The average Bonchev–Trinajstić information content (AvgIpc) is 2.59. The predicted molar refractivity (Wildman–Crippen MR) is 102 cm³/mol. The molecule has 1 aromatic carbocycles. The van der Waals surface area contributed by atoms with Gasteiger partial charge < -0.3 is 10.6 Å². The van der Waals surface area contributed by atoms with Gasteiger partial charge in [-0.05, 0) is 50.8 Å². The Morgan fingerprint density at radius 2 is 2.04 bits per heavy atom. The van der Waals surface area contributed by atoms with E-state index in [4.69, 9.17) is 0 Å². The van der Waals surface area contributed by atoms with Crippen molar-refractivity contribution in [2.75, 3.05) is 5.32 Å². The Bertz CT molecular complexity index is 664. The van der Waals surface area contributed by atoms with E-state index in [9.17, 15) is 9.59 Å². The number of rotatable bonds is 4. The van der Waals surface area contributed by atoms with Crippen molar-refractivity contribution in [3.05, 3.63) is 29.3 Å². The van der Waals surface area contributed by atoms with Crippen molar-refractivity contribution in [1.82, 2.24) is 10.6 Å². The SMILES string of the molecule is Cc1cccc(NC(=O)C(C)SC2NC(=O)C3CCCCC3N2)c1C. The summed E-state index contributed by atoms with van der Waals surface area (Å²) in [5.41, 5.74) is 2.89. The lowest BCUT2D eigenvalue weighted by molar-refractivity contribution is -0.129. The molecule has 2 fully saturated rings. The maximum Gasteiger partial charge on any atom is 0.237 e. The first-order valence-corrected chi connectivity index (χ1v) is 9.99. The second-order valence-corrected chi connectivity index (χ2v) is 8.52. The van der Waals surface area contributed by atoms with Crippen LogP contribution in [-0.4, -0.2) is 28.6 Å². The fraction of sp³-hybridized carbons (Fsp3) is 0.579. The Balaban J connectivity index is 1.58. The molecule has 3 rings (SSSR count). The molecule has 1 aromatic rings. The number of fused-ring (bicyclic) bond motifs is 1. The van der Waals surface area contributed by atoms with E-state index in [1.165, 1.54) is 18.2 Å². The van der Waals surface area contributed by atoms with Crippen LogP contribution >= 0.6 is 11.8 Å². The summed E-state index contributed by atoms with van der Waals surface area (Å²) in [6.07, 6.45) is 4.30. The fourth-order valence-electron chi connectivity index (χ4n) is 3.58. The molecule has 3 N–H and O–H groups in total. The first kappa shape index (κ1) is 18.3. The van der Waals surface area contributed by atoms with E-state index in [0.717, 1.165) is 36.1 Å². The van der Waals surface area contributed by atoms with Crippen molar-refractivity contribution in [3.63, 3.8) is 0 Å². The summed E-state index contributed by atoms with van der Waals surface area (Å²) >= 11 is 1.46. The van der Waals surface area contributed by atoms with E-state index in [0.29, 0.717) is 0 Å². The Labute approximate surface area is 153 Å². The highest BCUT2D eigenvalue weighted by atomic mass is 32.2. The average molecular weight is 362 g/mol. The standard InChI is InChI=1S/C19H27N3O2S/c1-11-7-6-10-15(12(11)2)20-17(23)13(3)25-19-21-16-9-5-4-8-14(16)18(24)22-19/h6-7,10,13-14,16,19,21H,4-5,8-9H2,1-3H3,(H,20,23)(H,22,24). The van der Waals surface area contributed by atoms with Gasteiger partial charge in [-0.25, -0.2) is 0 Å². The maximum absolute atomic E-state index is 12.5. The number of anilines is 1. The lowest BCUT2D eigenvalue weighted by Gasteiger charge is -2.40. The van der Waals surface area contributed by atoms with Gasteiger partial charge in [-0.2, -0.15) is 0 Å². The first-order valence-electron chi connectivity index (χ1n) is 9.04. The molecule has 2 aliphatic rings. The third-order valence-electron chi connectivity index (χ3n) is 5.31. The summed E-state index contributed by atoms with van der Waals surface area (Å²) in [5, 5.41) is 9.27. The minimum Gasteiger partial charge on any atom is -0.331 e. The third kappa shape index (κ3) is 4.18. The monoisotopic (exact) mass is 361 g/mol. The van der Waals surface area contributed by atoms with E-state index < -0.39 is 0 Å². The zero-order valence-electron chi connectivity index (χ0n) is 15.1. The summed E-state index contributed by atoms with van der Waals surface area (Å²) in [5.74, 6) is 0.174. The topological polar surface area (TPSA) is 70.2 Å². The van der Waals surface area contributed by atoms with Crippen LogP contribution in [-0.2, 0) is 9.59 Å². The van der Waals surface area contributed by atoms with Gasteiger partial charge in [0.25, 0.3) is 0 Å². The van der Waals surface area contributed by atoms with Crippen molar-refractivity contribution < 1.29 is 9.59 Å². The van der Waals surface area contributed by atoms with Crippen LogP contribution in [0.25, 0.3) is 0 Å². The Morgan fingerprint density at radius 3 is 2.84 bits per heavy atom. The van der Waals surface area contributed by atoms with Crippen LogP contribution in [0.2, 0.25) is 0 Å². The number of carbonyl (C=O) groups excluding carboxylic acids is 2. The molecule has 5 nitrogen and oxygen atoms in total. The van der Waals surface area contributed by atoms with Crippen molar-refractivity contribution in [2.24, 2.45) is 5.92 Å². The molecule has 4 unspecified atom stereocenters. The second kappa shape index (κ2) is 7.79. The van der Waals surface area contributed by atoms with Crippen LogP contribution in [0.5, 0.6) is 0 Å². The molecule has 0 aromatic heterocycles.